The van der Waals surface area contributed by atoms with E-state index in [1.165, 1.54) is 19.1 Å². The average molecular weight is 490 g/mol. The zero-order valence-corrected chi connectivity index (χ0v) is 18.1. The lowest BCUT2D eigenvalue weighted by atomic mass is 10.0. The molecule has 0 saturated carbocycles. The third kappa shape index (κ3) is 7.54. The first-order valence-corrected chi connectivity index (χ1v) is 9.87. The van der Waals surface area contributed by atoms with Crippen molar-refractivity contribution in [1.82, 2.24) is 5.32 Å². The van der Waals surface area contributed by atoms with E-state index < -0.39 is 36.7 Å². The molecule has 0 aliphatic rings. The van der Waals surface area contributed by atoms with E-state index in [-0.39, 0.29) is 22.9 Å². The van der Waals surface area contributed by atoms with Crippen molar-refractivity contribution in [3.8, 4) is 5.75 Å². The standard InChI is InChI=1S/C20H19Cl2F2N3O5/c1-10(18(29)26-11-6-7-16(14(22)8-11)32-19(23)24)31-17(28)9-15(27-20(25)30)12-4-2-3-5-13(12)21/h2-8,10,15,19H,9H2,1H3,(H,26,29)(H3,25,27,30)/t10-,15-/m0/s1. The number of carbonyl (C=O) groups excluding carboxylic acids is 3. The molecule has 2 rings (SSSR count). The maximum atomic E-state index is 12.3. The minimum Gasteiger partial charge on any atom is -0.452 e. The van der Waals surface area contributed by atoms with Crippen LogP contribution < -0.4 is 21.1 Å². The van der Waals surface area contributed by atoms with Crippen LogP contribution in [0.5, 0.6) is 5.75 Å². The van der Waals surface area contributed by atoms with Gasteiger partial charge in [0.2, 0.25) is 0 Å². The quantitative estimate of drug-likeness (QED) is 0.454. The number of primary amides is 1. The monoisotopic (exact) mass is 489 g/mol. The Hall–Kier alpha value is -3.11. The molecular weight excluding hydrogens is 471 g/mol. The van der Waals surface area contributed by atoms with Gasteiger partial charge >= 0.3 is 18.6 Å². The molecule has 0 bridgehead atoms. The second kappa shape index (κ2) is 11.5. The number of nitrogens with one attached hydrogen (secondary N) is 2. The molecule has 8 nitrogen and oxygen atoms in total. The predicted molar refractivity (Wildman–Crippen MR) is 114 cm³/mol. The summed E-state index contributed by atoms with van der Waals surface area (Å²) in [5, 5.41) is 5.01. The molecule has 2 aromatic rings. The van der Waals surface area contributed by atoms with Gasteiger partial charge in [-0.05, 0) is 36.8 Å². The van der Waals surface area contributed by atoms with Crippen LogP contribution in [0.15, 0.2) is 42.5 Å². The second-order valence-electron chi connectivity index (χ2n) is 6.43. The second-order valence-corrected chi connectivity index (χ2v) is 7.25. The van der Waals surface area contributed by atoms with Crippen LogP contribution >= 0.6 is 23.2 Å². The lowest BCUT2D eigenvalue weighted by Gasteiger charge is -2.20. The molecule has 0 unspecified atom stereocenters. The van der Waals surface area contributed by atoms with Crippen LogP contribution in [0.25, 0.3) is 0 Å². The number of benzene rings is 2. The van der Waals surface area contributed by atoms with Crippen molar-refractivity contribution in [3.63, 3.8) is 0 Å². The summed E-state index contributed by atoms with van der Waals surface area (Å²) in [4.78, 5) is 36.0. The minimum absolute atomic E-state index is 0.146. The zero-order chi connectivity index (χ0) is 23.8. The van der Waals surface area contributed by atoms with Gasteiger partial charge in [0.05, 0.1) is 17.5 Å². The van der Waals surface area contributed by atoms with E-state index in [9.17, 15) is 23.2 Å². The Kier molecular flexibility index (Phi) is 9.03. The molecule has 2 atom stereocenters. The molecule has 0 aliphatic carbocycles. The highest BCUT2D eigenvalue weighted by atomic mass is 35.5. The van der Waals surface area contributed by atoms with Crippen molar-refractivity contribution in [2.24, 2.45) is 5.73 Å². The fraction of sp³-hybridized carbons (Fsp3) is 0.250. The molecule has 32 heavy (non-hydrogen) atoms. The number of amides is 3. The maximum Gasteiger partial charge on any atom is 0.387 e. The van der Waals surface area contributed by atoms with Gasteiger partial charge in [-0.15, -0.1) is 0 Å². The molecule has 172 valence electrons. The highest BCUT2D eigenvalue weighted by Gasteiger charge is 2.24. The van der Waals surface area contributed by atoms with Crippen molar-refractivity contribution < 1.29 is 32.6 Å². The number of hydrogen-bond acceptors (Lipinski definition) is 5. The largest absolute Gasteiger partial charge is 0.452 e. The maximum absolute atomic E-state index is 12.3. The van der Waals surface area contributed by atoms with Crippen LogP contribution in [-0.2, 0) is 14.3 Å². The Balaban J connectivity index is 1.99. The van der Waals surface area contributed by atoms with Gasteiger partial charge in [0.1, 0.15) is 5.75 Å². The van der Waals surface area contributed by atoms with E-state index >= 15 is 0 Å². The number of anilines is 1. The van der Waals surface area contributed by atoms with Crippen molar-refractivity contribution in [3.05, 3.63) is 58.1 Å². The average Bonchev–Trinajstić information content (AvgIpc) is 2.69. The molecule has 0 heterocycles. The first-order valence-electron chi connectivity index (χ1n) is 9.12. The van der Waals surface area contributed by atoms with Gasteiger partial charge in [0.25, 0.3) is 5.91 Å². The number of ether oxygens (including phenoxy) is 2. The van der Waals surface area contributed by atoms with E-state index in [0.717, 1.165) is 6.07 Å². The molecule has 0 aromatic heterocycles. The number of halogens is 4. The Bertz CT molecular complexity index is 993. The summed E-state index contributed by atoms with van der Waals surface area (Å²) in [5.41, 5.74) is 5.79. The Labute approximate surface area is 191 Å². The van der Waals surface area contributed by atoms with Crippen molar-refractivity contribution in [2.45, 2.75) is 32.1 Å². The fourth-order valence-electron chi connectivity index (χ4n) is 2.65. The third-order valence-electron chi connectivity index (χ3n) is 4.06. The molecule has 0 saturated heterocycles. The molecule has 12 heteroatoms. The first kappa shape index (κ1) is 25.2. The fourth-order valence-corrected chi connectivity index (χ4v) is 3.14. The minimum atomic E-state index is -3.05. The molecular formula is C20H19Cl2F2N3O5. The number of esters is 1. The molecule has 0 aliphatic heterocycles. The molecule has 4 N–H and O–H groups in total. The summed E-state index contributed by atoms with van der Waals surface area (Å²) in [6.45, 7) is -1.72. The number of rotatable bonds is 9. The van der Waals surface area contributed by atoms with Crippen LogP contribution in [0.2, 0.25) is 10.0 Å². The van der Waals surface area contributed by atoms with E-state index in [1.807, 2.05) is 0 Å². The lowest BCUT2D eigenvalue weighted by Crippen LogP contribution is -2.36. The van der Waals surface area contributed by atoms with Crippen molar-refractivity contribution in [2.75, 3.05) is 5.32 Å². The van der Waals surface area contributed by atoms with E-state index in [4.69, 9.17) is 33.7 Å². The van der Waals surface area contributed by atoms with Gasteiger partial charge in [-0.1, -0.05) is 41.4 Å². The van der Waals surface area contributed by atoms with Crippen molar-refractivity contribution in [1.29, 1.82) is 0 Å². The van der Waals surface area contributed by atoms with Crippen LogP contribution in [0, 0.1) is 0 Å². The van der Waals surface area contributed by atoms with Crippen LogP contribution in [0.4, 0.5) is 19.3 Å². The Morgan fingerprint density at radius 2 is 1.78 bits per heavy atom. The lowest BCUT2D eigenvalue weighted by molar-refractivity contribution is -0.153. The van der Waals surface area contributed by atoms with Gasteiger partial charge in [0.15, 0.2) is 6.10 Å². The normalized spacial score (nSPS) is 12.6. The van der Waals surface area contributed by atoms with Crippen molar-refractivity contribution >= 4 is 46.8 Å². The van der Waals surface area contributed by atoms with Gasteiger partial charge in [-0.25, -0.2) is 4.79 Å². The summed E-state index contributed by atoms with van der Waals surface area (Å²) in [7, 11) is 0. The third-order valence-corrected chi connectivity index (χ3v) is 4.70. The Morgan fingerprint density at radius 3 is 2.38 bits per heavy atom. The van der Waals surface area contributed by atoms with Crippen LogP contribution in [0.3, 0.4) is 0 Å². The van der Waals surface area contributed by atoms with Gasteiger partial charge in [-0.3, -0.25) is 9.59 Å². The van der Waals surface area contributed by atoms with E-state index in [0.29, 0.717) is 10.6 Å². The Morgan fingerprint density at radius 1 is 1.09 bits per heavy atom. The number of nitrogens with two attached hydrogens (primary N) is 1. The smallest absolute Gasteiger partial charge is 0.387 e. The van der Waals surface area contributed by atoms with Crippen LogP contribution in [0.1, 0.15) is 24.9 Å². The van der Waals surface area contributed by atoms with Crippen LogP contribution in [-0.4, -0.2) is 30.6 Å². The van der Waals surface area contributed by atoms with Gasteiger partial charge < -0.3 is 25.8 Å². The number of carbonyl (C=O) groups is 3. The van der Waals surface area contributed by atoms with E-state index in [2.05, 4.69) is 15.4 Å². The summed E-state index contributed by atoms with van der Waals surface area (Å²) < 4.78 is 33.9. The number of alkyl halides is 2. The van der Waals surface area contributed by atoms with Gasteiger partial charge in [-0.2, -0.15) is 8.78 Å². The van der Waals surface area contributed by atoms with Gasteiger partial charge in [0, 0.05) is 10.7 Å². The highest BCUT2D eigenvalue weighted by molar-refractivity contribution is 6.32. The summed E-state index contributed by atoms with van der Waals surface area (Å²) in [5.74, 6) is -1.76. The molecule has 3 amide bonds. The highest BCUT2D eigenvalue weighted by Crippen LogP contribution is 2.29. The molecule has 2 aromatic carbocycles. The SMILES string of the molecule is C[C@H](OC(=O)C[C@H](NC(N)=O)c1ccccc1Cl)C(=O)Nc1ccc(OC(F)F)c(Cl)c1. The molecule has 0 spiro atoms. The summed E-state index contributed by atoms with van der Waals surface area (Å²) in [6.07, 6.45) is -1.56. The first-order chi connectivity index (χ1) is 15.1. The molecule has 0 fully saturated rings. The zero-order valence-electron chi connectivity index (χ0n) is 16.6. The summed E-state index contributed by atoms with van der Waals surface area (Å²) >= 11 is 12.0. The number of urea groups is 1. The number of hydrogen-bond donors (Lipinski definition) is 3. The topological polar surface area (TPSA) is 120 Å². The predicted octanol–water partition coefficient (Wildman–Crippen LogP) is 4.26. The summed E-state index contributed by atoms with van der Waals surface area (Å²) in [6, 6.07) is 8.45. The van der Waals surface area contributed by atoms with E-state index in [1.54, 1.807) is 24.3 Å². The molecule has 0 radical (unpaired) electrons.